The van der Waals surface area contributed by atoms with Gasteiger partial charge in [-0.1, -0.05) is 42.5 Å². The van der Waals surface area contributed by atoms with Gasteiger partial charge in [-0.25, -0.2) is 9.18 Å². The number of carboxylic acids is 1. The summed E-state index contributed by atoms with van der Waals surface area (Å²) in [5, 5.41) is 13.2. The molecule has 172 valence electrons. The van der Waals surface area contributed by atoms with E-state index in [0.29, 0.717) is 11.5 Å². The van der Waals surface area contributed by atoms with Gasteiger partial charge in [0.1, 0.15) is 0 Å². The van der Waals surface area contributed by atoms with Crippen LogP contribution in [-0.4, -0.2) is 24.7 Å². The van der Waals surface area contributed by atoms with Crippen LogP contribution in [0.2, 0.25) is 0 Å². The summed E-state index contributed by atoms with van der Waals surface area (Å²) >= 11 is 0. The van der Waals surface area contributed by atoms with E-state index in [-0.39, 0.29) is 23.5 Å². The van der Waals surface area contributed by atoms with Crippen molar-refractivity contribution in [1.82, 2.24) is 5.32 Å². The monoisotopic (exact) mass is 447 g/mol. The molecule has 0 heterocycles. The zero-order valence-electron chi connectivity index (χ0n) is 19.3. The fourth-order valence-electron chi connectivity index (χ4n) is 4.88. The fraction of sp³-hybridized carbons (Fsp3) is 0.321. The third kappa shape index (κ3) is 4.93. The highest BCUT2D eigenvalue weighted by molar-refractivity contribution is 5.89. The van der Waals surface area contributed by atoms with Gasteiger partial charge in [-0.2, -0.15) is 0 Å². The van der Waals surface area contributed by atoms with Gasteiger partial charge in [-0.3, -0.25) is 0 Å². The van der Waals surface area contributed by atoms with E-state index in [0.717, 1.165) is 36.1 Å². The average Bonchev–Trinajstić information content (AvgIpc) is 2.82. The topological polar surface area (TPSA) is 58.6 Å². The van der Waals surface area contributed by atoms with Crippen molar-refractivity contribution >= 4 is 5.97 Å². The van der Waals surface area contributed by atoms with Gasteiger partial charge < -0.3 is 15.2 Å². The zero-order valence-corrected chi connectivity index (χ0v) is 19.3. The molecule has 3 atom stereocenters. The van der Waals surface area contributed by atoms with Crippen LogP contribution in [0.25, 0.3) is 0 Å². The molecule has 0 aromatic heterocycles. The van der Waals surface area contributed by atoms with Gasteiger partial charge in [0.25, 0.3) is 0 Å². The van der Waals surface area contributed by atoms with Crippen molar-refractivity contribution in [3.8, 4) is 5.75 Å². The third-order valence-corrected chi connectivity index (χ3v) is 6.79. The predicted molar refractivity (Wildman–Crippen MR) is 128 cm³/mol. The molecule has 33 heavy (non-hydrogen) atoms. The molecule has 5 heteroatoms. The van der Waals surface area contributed by atoms with Crippen molar-refractivity contribution in [1.29, 1.82) is 0 Å². The van der Waals surface area contributed by atoms with E-state index in [1.165, 1.54) is 24.3 Å². The average molecular weight is 448 g/mol. The molecule has 1 aliphatic rings. The Hall–Kier alpha value is -3.18. The van der Waals surface area contributed by atoms with Crippen molar-refractivity contribution < 1.29 is 19.0 Å². The maximum Gasteiger partial charge on any atom is 0.335 e. The highest BCUT2D eigenvalue weighted by atomic mass is 19.1. The number of nitrogens with one attached hydrogen (secondary N) is 1. The normalized spacial score (nSPS) is 18.4. The number of fused-ring (bicyclic) bond motifs is 1. The second-order valence-electron chi connectivity index (χ2n) is 8.96. The first-order valence-electron chi connectivity index (χ1n) is 11.4. The Morgan fingerprint density at radius 1 is 1.18 bits per heavy atom. The van der Waals surface area contributed by atoms with E-state index in [2.05, 4.69) is 42.6 Å². The SMILES string of the molecule is COc1cc([C@@H](C)NC[C@@H]2Cc3ccccc3C(c3ccc(C)c(C(=O)O)c3)C2)ccc1F. The number of benzene rings is 3. The van der Waals surface area contributed by atoms with Crippen LogP contribution >= 0.6 is 0 Å². The maximum atomic E-state index is 13.8. The fourth-order valence-corrected chi connectivity index (χ4v) is 4.88. The Bertz CT molecular complexity index is 1160. The number of halogens is 1. The summed E-state index contributed by atoms with van der Waals surface area (Å²) in [7, 11) is 1.47. The number of methoxy groups -OCH3 is 1. The van der Waals surface area contributed by atoms with E-state index in [1.54, 1.807) is 12.1 Å². The number of ether oxygens (including phenoxy) is 1. The molecule has 0 aliphatic heterocycles. The first-order valence-corrected chi connectivity index (χ1v) is 11.4. The molecular weight excluding hydrogens is 417 g/mol. The van der Waals surface area contributed by atoms with Gasteiger partial charge in [0, 0.05) is 12.0 Å². The number of aromatic carboxylic acids is 1. The molecule has 3 aromatic rings. The van der Waals surface area contributed by atoms with Gasteiger partial charge in [0.2, 0.25) is 0 Å². The molecule has 0 fully saturated rings. The van der Waals surface area contributed by atoms with E-state index in [9.17, 15) is 14.3 Å². The van der Waals surface area contributed by atoms with E-state index in [1.807, 2.05) is 19.1 Å². The second-order valence-corrected chi connectivity index (χ2v) is 8.96. The number of carbonyl (C=O) groups is 1. The molecule has 0 radical (unpaired) electrons. The Morgan fingerprint density at radius 2 is 1.97 bits per heavy atom. The Labute approximate surface area is 194 Å². The largest absolute Gasteiger partial charge is 0.494 e. The summed E-state index contributed by atoms with van der Waals surface area (Å²) in [4.78, 5) is 11.7. The molecule has 1 unspecified atom stereocenters. The van der Waals surface area contributed by atoms with Gasteiger partial charge in [-0.15, -0.1) is 0 Å². The number of hydrogen-bond acceptors (Lipinski definition) is 3. The summed E-state index contributed by atoms with van der Waals surface area (Å²) in [5.74, 6) is -0.452. The minimum atomic E-state index is -0.889. The van der Waals surface area contributed by atoms with Crippen molar-refractivity contribution in [3.63, 3.8) is 0 Å². The second kappa shape index (κ2) is 9.75. The summed E-state index contributed by atoms with van der Waals surface area (Å²) in [6.07, 6.45) is 1.91. The molecule has 1 aliphatic carbocycles. The number of hydrogen-bond donors (Lipinski definition) is 2. The van der Waals surface area contributed by atoms with Crippen molar-refractivity contribution in [3.05, 3.63) is 99.9 Å². The van der Waals surface area contributed by atoms with E-state index >= 15 is 0 Å². The minimum absolute atomic E-state index is 0.0492. The van der Waals surface area contributed by atoms with E-state index in [4.69, 9.17) is 4.74 Å². The molecule has 0 saturated carbocycles. The molecular formula is C28H30FNO3. The van der Waals surface area contributed by atoms with Crippen LogP contribution < -0.4 is 10.1 Å². The lowest BCUT2D eigenvalue weighted by Crippen LogP contribution is -2.31. The summed E-state index contributed by atoms with van der Waals surface area (Å²) in [5.41, 5.74) is 5.76. The van der Waals surface area contributed by atoms with Crippen LogP contribution in [0.3, 0.4) is 0 Å². The van der Waals surface area contributed by atoms with Crippen molar-refractivity contribution in [2.75, 3.05) is 13.7 Å². The third-order valence-electron chi connectivity index (χ3n) is 6.79. The number of carboxylic acid groups (broad SMARTS) is 1. The summed E-state index contributed by atoms with van der Waals surface area (Å²) in [6.45, 7) is 4.71. The van der Waals surface area contributed by atoms with Crippen molar-refractivity contribution in [2.45, 2.75) is 38.6 Å². The molecule has 4 nitrogen and oxygen atoms in total. The number of rotatable bonds is 7. The van der Waals surface area contributed by atoms with Crippen LogP contribution in [0.15, 0.2) is 60.7 Å². The van der Waals surface area contributed by atoms with Gasteiger partial charge in [0.05, 0.1) is 12.7 Å². The highest BCUT2D eigenvalue weighted by Gasteiger charge is 2.29. The van der Waals surface area contributed by atoms with Crippen LogP contribution in [0.5, 0.6) is 5.75 Å². The van der Waals surface area contributed by atoms with Crippen LogP contribution in [0.4, 0.5) is 4.39 Å². The molecule has 0 saturated heterocycles. The van der Waals surface area contributed by atoms with E-state index < -0.39 is 5.97 Å². The van der Waals surface area contributed by atoms with Crippen LogP contribution in [-0.2, 0) is 6.42 Å². The lowest BCUT2D eigenvalue weighted by Gasteiger charge is -2.33. The lowest BCUT2D eigenvalue weighted by molar-refractivity contribution is 0.0696. The first-order chi connectivity index (χ1) is 15.9. The quantitative estimate of drug-likeness (QED) is 0.474. The summed E-state index contributed by atoms with van der Waals surface area (Å²) < 4.78 is 18.9. The Kier molecular flexibility index (Phi) is 6.80. The first kappa shape index (κ1) is 23.0. The van der Waals surface area contributed by atoms with Gasteiger partial charge in [0.15, 0.2) is 11.6 Å². The zero-order chi connectivity index (χ0) is 23.5. The summed E-state index contributed by atoms with van der Waals surface area (Å²) in [6, 6.07) is 19.3. The van der Waals surface area contributed by atoms with Gasteiger partial charge in [-0.05, 0) is 85.2 Å². The lowest BCUT2D eigenvalue weighted by atomic mass is 9.73. The molecule has 4 rings (SSSR count). The predicted octanol–water partition coefficient (Wildman–Crippen LogP) is 5.89. The highest BCUT2D eigenvalue weighted by Crippen LogP contribution is 2.40. The molecule has 2 N–H and O–H groups in total. The molecule has 0 amide bonds. The standard InChI is InChI=1S/C28H30FNO3/c1-17-8-9-22(14-24(17)28(31)32)25-13-19(12-21-6-4-5-7-23(21)25)16-30-18(2)20-10-11-26(29)27(15-20)33-3/h4-11,14-15,18-19,25,30H,12-13,16H2,1-3H3,(H,31,32)/t18-,19-,25?/m1/s1. The molecule has 0 spiro atoms. The molecule has 0 bridgehead atoms. The van der Waals surface area contributed by atoms with Gasteiger partial charge >= 0.3 is 5.97 Å². The Balaban J connectivity index is 1.54. The molecule has 3 aromatic carbocycles. The smallest absolute Gasteiger partial charge is 0.335 e. The van der Waals surface area contributed by atoms with Crippen LogP contribution in [0.1, 0.15) is 63.5 Å². The van der Waals surface area contributed by atoms with Crippen molar-refractivity contribution in [2.24, 2.45) is 5.92 Å². The maximum absolute atomic E-state index is 13.8. The minimum Gasteiger partial charge on any atom is -0.494 e. The Morgan fingerprint density at radius 3 is 2.73 bits per heavy atom. The van der Waals surface area contributed by atoms with Crippen LogP contribution in [0, 0.1) is 18.7 Å². The number of aryl methyl sites for hydroxylation is 1.